The third kappa shape index (κ3) is 5.48. The van der Waals surface area contributed by atoms with Crippen LogP contribution in [-0.4, -0.2) is 38.2 Å². The molecule has 1 atom stereocenters. The molecule has 8 nitrogen and oxygen atoms in total. The predicted molar refractivity (Wildman–Crippen MR) is 112 cm³/mol. The van der Waals surface area contributed by atoms with Crippen molar-refractivity contribution in [2.24, 2.45) is 5.41 Å². The number of aliphatic hydroxyl groups is 1. The van der Waals surface area contributed by atoms with E-state index in [0.29, 0.717) is 5.02 Å². The average molecular weight is 444 g/mol. The molecule has 0 radical (unpaired) electrons. The molecule has 31 heavy (non-hydrogen) atoms. The van der Waals surface area contributed by atoms with Crippen LogP contribution in [0, 0.1) is 5.41 Å². The lowest BCUT2D eigenvalue weighted by Crippen LogP contribution is -2.54. The van der Waals surface area contributed by atoms with Gasteiger partial charge in [-0.3, -0.25) is 9.59 Å². The van der Waals surface area contributed by atoms with E-state index in [1.54, 1.807) is 24.3 Å². The van der Waals surface area contributed by atoms with Crippen molar-refractivity contribution in [1.29, 1.82) is 0 Å². The Balaban J connectivity index is 1.76. The Morgan fingerprint density at radius 3 is 2.39 bits per heavy atom. The zero-order valence-corrected chi connectivity index (χ0v) is 17.8. The van der Waals surface area contributed by atoms with Crippen molar-refractivity contribution in [1.82, 2.24) is 14.8 Å². The van der Waals surface area contributed by atoms with Crippen LogP contribution in [0.4, 0.5) is 0 Å². The lowest BCUT2D eigenvalue weighted by molar-refractivity contribution is -0.222. The molecule has 0 bridgehead atoms. The van der Waals surface area contributed by atoms with E-state index in [0.717, 1.165) is 22.9 Å². The van der Waals surface area contributed by atoms with Crippen LogP contribution in [0.5, 0.6) is 5.75 Å². The summed E-state index contributed by atoms with van der Waals surface area (Å²) < 4.78 is 11.8. The summed E-state index contributed by atoms with van der Waals surface area (Å²) in [6, 6.07) is 15.2. The molecule has 0 aliphatic rings. The Labute approximate surface area is 184 Å². The fourth-order valence-electron chi connectivity index (χ4n) is 2.81. The summed E-state index contributed by atoms with van der Waals surface area (Å²) in [6.07, 6.45) is 2.39. The van der Waals surface area contributed by atoms with Crippen molar-refractivity contribution < 1.29 is 24.2 Å². The van der Waals surface area contributed by atoms with E-state index in [1.165, 1.54) is 26.0 Å². The molecule has 0 amide bonds. The number of nitrogens with zero attached hydrogens (tertiary/aromatic N) is 3. The molecule has 1 aromatic heterocycles. The topological polar surface area (TPSA) is 104 Å². The molecular weight excluding hydrogens is 422 g/mol. The number of carbonyl (C=O) groups is 2. The molecule has 3 rings (SSSR count). The lowest BCUT2D eigenvalue weighted by atomic mass is 9.86. The molecule has 162 valence electrons. The minimum absolute atomic E-state index is 0.0692. The maximum atomic E-state index is 13.3. The van der Waals surface area contributed by atoms with Crippen LogP contribution in [0.15, 0.2) is 67.3 Å². The molecular formula is C22H22ClN3O5. The van der Waals surface area contributed by atoms with E-state index < -0.39 is 23.1 Å². The first-order valence-electron chi connectivity index (χ1n) is 9.47. The van der Waals surface area contributed by atoms with Crippen LogP contribution < -0.4 is 4.74 Å². The van der Waals surface area contributed by atoms with Gasteiger partial charge in [0.05, 0.1) is 11.8 Å². The fraction of sp³-hybridized carbons (Fsp3) is 0.273. The van der Waals surface area contributed by atoms with E-state index in [2.05, 4.69) is 10.1 Å². The van der Waals surface area contributed by atoms with Crippen molar-refractivity contribution in [3.8, 4) is 5.75 Å². The second-order valence-corrected chi connectivity index (χ2v) is 7.98. The highest BCUT2D eigenvalue weighted by atomic mass is 35.5. The van der Waals surface area contributed by atoms with Gasteiger partial charge in [0.15, 0.2) is 0 Å². The quantitative estimate of drug-likeness (QED) is 0.400. The summed E-state index contributed by atoms with van der Waals surface area (Å²) in [5.41, 5.74) is -0.513. The molecule has 0 saturated carbocycles. The minimum atomic E-state index is -2.51. The molecule has 0 saturated heterocycles. The third-order valence-electron chi connectivity index (χ3n) is 4.50. The molecule has 1 N–H and O–H groups in total. The average Bonchev–Trinajstić information content (AvgIpc) is 3.30. The Bertz CT molecular complexity index is 1020. The number of halogens is 1. The number of carbonyl (C=O) groups excluding carboxylic acids is 2. The van der Waals surface area contributed by atoms with Gasteiger partial charge in [-0.05, 0) is 43.7 Å². The fourth-order valence-corrected chi connectivity index (χ4v) is 2.94. The van der Waals surface area contributed by atoms with Gasteiger partial charge in [-0.1, -0.05) is 41.9 Å². The maximum absolute atomic E-state index is 13.3. The molecule has 0 aliphatic heterocycles. The predicted octanol–water partition coefficient (Wildman–Crippen LogP) is 2.99. The highest BCUT2D eigenvalue weighted by Gasteiger charge is 2.50. The number of ketones is 1. The number of hydrogen-bond acceptors (Lipinski definition) is 7. The maximum Gasteiger partial charge on any atom is 0.376 e. The smallest absolute Gasteiger partial charge is 0.376 e. The second-order valence-electron chi connectivity index (χ2n) is 7.54. The van der Waals surface area contributed by atoms with Crippen LogP contribution in [-0.2, 0) is 26.7 Å². The number of benzene rings is 2. The van der Waals surface area contributed by atoms with E-state index in [4.69, 9.17) is 21.1 Å². The second kappa shape index (κ2) is 9.28. The number of aromatic nitrogens is 3. The highest BCUT2D eigenvalue weighted by Crippen LogP contribution is 2.30. The molecule has 1 heterocycles. The van der Waals surface area contributed by atoms with Crippen molar-refractivity contribution >= 4 is 23.4 Å². The Hall–Kier alpha value is -3.23. The zero-order chi connectivity index (χ0) is 22.5. The van der Waals surface area contributed by atoms with E-state index in [1.807, 2.05) is 18.2 Å². The summed E-state index contributed by atoms with van der Waals surface area (Å²) in [6.45, 7) is 2.81. The molecule has 9 heteroatoms. The summed E-state index contributed by atoms with van der Waals surface area (Å²) in [7, 11) is 0. The standard InChI is InChI=1S/C22H22ClN3O5/c1-21(2,13-30-19(27)12-16-6-4-3-5-7-16)20(28)22(29,26-15-24-14-25-26)31-18-10-8-17(23)9-11-18/h3-11,14-15,29H,12-13H2,1-2H3. The first-order chi connectivity index (χ1) is 14.7. The summed E-state index contributed by atoms with van der Waals surface area (Å²) in [4.78, 5) is 29.3. The van der Waals surface area contributed by atoms with Gasteiger partial charge in [-0.2, -0.15) is 9.78 Å². The van der Waals surface area contributed by atoms with Crippen molar-refractivity contribution in [2.75, 3.05) is 6.61 Å². The van der Waals surface area contributed by atoms with Crippen LogP contribution in [0.1, 0.15) is 19.4 Å². The van der Waals surface area contributed by atoms with Crippen molar-refractivity contribution in [3.05, 3.63) is 77.8 Å². The molecule has 3 aromatic rings. The van der Waals surface area contributed by atoms with E-state index in [9.17, 15) is 14.7 Å². The van der Waals surface area contributed by atoms with Gasteiger partial charge in [-0.25, -0.2) is 4.98 Å². The van der Waals surface area contributed by atoms with Gasteiger partial charge in [0.25, 0.3) is 0 Å². The number of ether oxygens (including phenoxy) is 2. The number of hydrogen-bond donors (Lipinski definition) is 1. The van der Waals surface area contributed by atoms with E-state index in [-0.39, 0.29) is 18.8 Å². The number of esters is 1. The van der Waals surface area contributed by atoms with Crippen LogP contribution >= 0.6 is 11.6 Å². The van der Waals surface area contributed by atoms with Gasteiger partial charge in [-0.15, -0.1) is 0 Å². The Morgan fingerprint density at radius 1 is 1.10 bits per heavy atom. The highest BCUT2D eigenvalue weighted by molar-refractivity contribution is 6.30. The largest absolute Gasteiger partial charge is 0.464 e. The zero-order valence-electron chi connectivity index (χ0n) is 17.1. The molecule has 0 fully saturated rings. The first-order valence-corrected chi connectivity index (χ1v) is 9.85. The van der Waals surface area contributed by atoms with E-state index >= 15 is 0 Å². The normalized spacial score (nSPS) is 13.3. The SMILES string of the molecule is CC(C)(COC(=O)Cc1ccccc1)C(=O)C(O)(Oc1ccc(Cl)cc1)n1cncn1. The van der Waals surface area contributed by atoms with Crippen LogP contribution in [0.2, 0.25) is 5.02 Å². The van der Waals surface area contributed by atoms with Gasteiger partial charge in [0.2, 0.25) is 5.78 Å². The van der Waals surface area contributed by atoms with Crippen LogP contribution in [0.25, 0.3) is 0 Å². The third-order valence-corrected chi connectivity index (χ3v) is 4.75. The number of rotatable bonds is 9. The monoisotopic (exact) mass is 443 g/mol. The van der Waals surface area contributed by atoms with Gasteiger partial charge in [0, 0.05) is 5.02 Å². The summed E-state index contributed by atoms with van der Waals surface area (Å²) in [5, 5.41) is 15.5. The van der Waals surface area contributed by atoms with Gasteiger partial charge < -0.3 is 14.6 Å². The molecule has 0 spiro atoms. The number of Topliss-reactive ketones (excluding diaryl/α,β-unsaturated/α-hetero) is 1. The van der Waals surface area contributed by atoms with Gasteiger partial charge >= 0.3 is 11.9 Å². The first kappa shape index (κ1) is 22.5. The van der Waals surface area contributed by atoms with Crippen molar-refractivity contribution in [3.63, 3.8) is 0 Å². The minimum Gasteiger partial charge on any atom is -0.464 e. The van der Waals surface area contributed by atoms with Crippen molar-refractivity contribution in [2.45, 2.75) is 26.2 Å². The Kier molecular flexibility index (Phi) is 6.72. The summed E-state index contributed by atoms with van der Waals surface area (Å²) >= 11 is 5.89. The molecule has 1 unspecified atom stereocenters. The molecule has 0 aliphatic carbocycles. The molecule has 2 aromatic carbocycles. The summed E-state index contributed by atoms with van der Waals surface area (Å²) in [5.74, 6) is -3.59. The Morgan fingerprint density at radius 2 is 1.77 bits per heavy atom. The lowest BCUT2D eigenvalue weighted by Gasteiger charge is -2.33. The van der Waals surface area contributed by atoms with Crippen LogP contribution in [0.3, 0.4) is 0 Å². The van der Waals surface area contributed by atoms with Gasteiger partial charge in [0.1, 0.15) is 25.0 Å².